The quantitative estimate of drug-likeness (QED) is 0.210. The molecule has 4 aromatic rings. The van der Waals surface area contributed by atoms with Crippen LogP contribution >= 0.6 is 36.2 Å². The number of para-hydroxylation sites is 1. The second kappa shape index (κ2) is 14.1. The predicted molar refractivity (Wildman–Crippen MR) is 155 cm³/mol. The van der Waals surface area contributed by atoms with Crippen molar-refractivity contribution in [1.29, 1.82) is 5.26 Å². The third-order valence-electron chi connectivity index (χ3n) is 5.35. The molecule has 0 aliphatic carbocycles. The summed E-state index contributed by atoms with van der Waals surface area (Å²) in [6.07, 6.45) is 0.876. The largest absolute Gasteiger partial charge is 0.507 e. The zero-order chi connectivity index (χ0) is 25.5. The fraction of sp³-hybridized carbons (Fsp3) is 0.111. The van der Waals surface area contributed by atoms with Gasteiger partial charge in [0.15, 0.2) is 5.82 Å². The van der Waals surface area contributed by atoms with E-state index < -0.39 is 5.91 Å². The number of anilines is 2. The summed E-state index contributed by atoms with van der Waals surface area (Å²) in [5.41, 5.74) is 8.15. The van der Waals surface area contributed by atoms with Gasteiger partial charge in [0.2, 0.25) is 5.91 Å². The molecule has 11 heteroatoms. The highest BCUT2D eigenvalue weighted by Crippen LogP contribution is 2.36. The van der Waals surface area contributed by atoms with Gasteiger partial charge in [-0.1, -0.05) is 30.3 Å². The summed E-state index contributed by atoms with van der Waals surface area (Å²) in [5, 5.41) is 27.9. The fourth-order valence-electron chi connectivity index (χ4n) is 3.63. The lowest BCUT2D eigenvalue weighted by molar-refractivity contribution is -0.116. The average Bonchev–Trinajstić information content (AvgIpc) is 3.43. The van der Waals surface area contributed by atoms with Gasteiger partial charge in [-0.2, -0.15) is 5.26 Å². The third-order valence-corrected chi connectivity index (χ3v) is 6.22. The summed E-state index contributed by atoms with van der Waals surface area (Å²) in [4.78, 5) is 30.0. The topological polar surface area (TPSA) is 141 Å². The standard InChI is InChI=1S/C27H23N5O3S.2ClH/c28-12-4-11-25(34)30-18-7-3-6-17(14-18)20-15-22(19-8-1-2-9-23(19)33)31-26(21(20)16-29)32-27(35)24-10-5-13-36-24;;/h1-3,5-10,13-15,33H,4,11-12,28H2,(H,30,34)(H,31,32,35);2*1H. The van der Waals surface area contributed by atoms with E-state index in [0.717, 1.165) is 0 Å². The highest BCUT2D eigenvalue weighted by atomic mass is 35.5. The number of thiophene rings is 1. The molecule has 0 unspecified atom stereocenters. The number of rotatable bonds is 8. The Hall–Kier alpha value is -3.94. The van der Waals surface area contributed by atoms with Crippen LogP contribution in [0.1, 0.15) is 28.1 Å². The molecule has 0 saturated heterocycles. The minimum absolute atomic E-state index is 0. The smallest absolute Gasteiger partial charge is 0.266 e. The van der Waals surface area contributed by atoms with Crippen LogP contribution in [0.5, 0.6) is 5.75 Å². The number of halogens is 2. The minimum Gasteiger partial charge on any atom is -0.507 e. The summed E-state index contributed by atoms with van der Waals surface area (Å²) >= 11 is 1.27. The molecule has 2 amide bonds. The van der Waals surface area contributed by atoms with Crippen molar-refractivity contribution in [1.82, 2.24) is 4.98 Å². The Morgan fingerprint density at radius 1 is 1.00 bits per heavy atom. The second-order valence-corrected chi connectivity index (χ2v) is 8.81. The summed E-state index contributed by atoms with van der Waals surface area (Å²) in [6.45, 7) is 0.422. The molecule has 38 heavy (non-hydrogen) atoms. The molecule has 2 aromatic heterocycles. The van der Waals surface area contributed by atoms with Crippen molar-refractivity contribution < 1.29 is 14.7 Å². The molecule has 0 bridgehead atoms. The number of nitriles is 1. The van der Waals surface area contributed by atoms with Crippen LogP contribution in [-0.4, -0.2) is 28.4 Å². The van der Waals surface area contributed by atoms with Crippen molar-refractivity contribution in [2.24, 2.45) is 5.73 Å². The first kappa shape index (κ1) is 30.3. The van der Waals surface area contributed by atoms with Gasteiger partial charge in [-0.05, 0) is 60.3 Å². The monoisotopic (exact) mass is 569 g/mol. The number of carbonyl (C=O) groups is 2. The molecule has 0 fully saturated rings. The number of nitrogens with zero attached hydrogens (tertiary/aromatic N) is 2. The van der Waals surface area contributed by atoms with Crippen LogP contribution in [0.4, 0.5) is 11.5 Å². The van der Waals surface area contributed by atoms with Gasteiger partial charge in [0.05, 0.1) is 10.6 Å². The van der Waals surface area contributed by atoms with Gasteiger partial charge in [0.25, 0.3) is 5.91 Å². The molecule has 0 aliphatic rings. The van der Waals surface area contributed by atoms with E-state index in [0.29, 0.717) is 52.3 Å². The molecule has 5 N–H and O–H groups in total. The molecule has 8 nitrogen and oxygen atoms in total. The molecular formula is C27H25Cl2N5O3S. The molecule has 4 rings (SSSR count). The highest BCUT2D eigenvalue weighted by molar-refractivity contribution is 7.12. The molecule has 0 atom stereocenters. The summed E-state index contributed by atoms with van der Waals surface area (Å²) in [5.74, 6) is -0.469. The zero-order valence-electron chi connectivity index (χ0n) is 20.0. The number of benzene rings is 2. The lowest BCUT2D eigenvalue weighted by Gasteiger charge is -2.15. The number of aromatic hydroxyl groups is 1. The Morgan fingerprint density at radius 2 is 1.79 bits per heavy atom. The maximum Gasteiger partial charge on any atom is 0.266 e. The van der Waals surface area contributed by atoms with E-state index >= 15 is 0 Å². The van der Waals surface area contributed by atoms with Crippen LogP contribution < -0.4 is 16.4 Å². The SMILES string of the molecule is Cl.Cl.N#Cc1c(-c2cccc(NC(=O)CCCN)c2)cc(-c2ccccc2O)nc1NC(=O)c1cccs1. The molecule has 0 saturated carbocycles. The van der Waals surface area contributed by atoms with E-state index in [9.17, 15) is 20.0 Å². The number of carbonyl (C=O) groups excluding carboxylic acids is 2. The van der Waals surface area contributed by atoms with Gasteiger partial charge in [0, 0.05) is 23.2 Å². The highest BCUT2D eigenvalue weighted by Gasteiger charge is 2.19. The minimum atomic E-state index is -0.393. The maximum atomic E-state index is 12.8. The Bertz CT molecular complexity index is 1460. The molecule has 2 aromatic carbocycles. The average molecular weight is 571 g/mol. The number of hydrogen-bond donors (Lipinski definition) is 4. The van der Waals surface area contributed by atoms with Crippen LogP contribution in [-0.2, 0) is 4.79 Å². The first-order valence-corrected chi connectivity index (χ1v) is 12.1. The van der Waals surface area contributed by atoms with Crippen molar-refractivity contribution in [2.45, 2.75) is 12.8 Å². The van der Waals surface area contributed by atoms with E-state index in [1.165, 1.54) is 17.4 Å². The van der Waals surface area contributed by atoms with E-state index in [1.807, 2.05) is 0 Å². The van der Waals surface area contributed by atoms with E-state index in [-0.39, 0.29) is 47.9 Å². The lowest BCUT2D eigenvalue weighted by Crippen LogP contribution is -2.14. The van der Waals surface area contributed by atoms with Crippen LogP contribution in [0.3, 0.4) is 0 Å². The second-order valence-electron chi connectivity index (χ2n) is 7.86. The van der Waals surface area contributed by atoms with Gasteiger partial charge >= 0.3 is 0 Å². The van der Waals surface area contributed by atoms with Gasteiger partial charge in [-0.3, -0.25) is 9.59 Å². The van der Waals surface area contributed by atoms with Crippen LogP contribution in [0.25, 0.3) is 22.4 Å². The van der Waals surface area contributed by atoms with Gasteiger partial charge in [0.1, 0.15) is 17.4 Å². The lowest BCUT2D eigenvalue weighted by atomic mass is 9.97. The van der Waals surface area contributed by atoms with Crippen LogP contribution in [0.15, 0.2) is 72.1 Å². The number of phenolic OH excluding ortho intramolecular Hbond substituents is 1. The number of pyridine rings is 1. The Morgan fingerprint density at radius 3 is 2.47 bits per heavy atom. The molecule has 196 valence electrons. The molecule has 2 heterocycles. The van der Waals surface area contributed by atoms with E-state index in [4.69, 9.17) is 5.73 Å². The van der Waals surface area contributed by atoms with Crippen molar-refractivity contribution in [3.8, 4) is 34.2 Å². The molecule has 0 aliphatic heterocycles. The van der Waals surface area contributed by atoms with E-state index in [2.05, 4.69) is 21.7 Å². The zero-order valence-corrected chi connectivity index (χ0v) is 22.5. The first-order valence-electron chi connectivity index (χ1n) is 11.2. The van der Waals surface area contributed by atoms with Gasteiger partial charge in [-0.25, -0.2) is 4.98 Å². The van der Waals surface area contributed by atoms with Gasteiger partial charge in [-0.15, -0.1) is 36.2 Å². The Labute approximate surface area is 236 Å². The van der Waals surface area contributed by atoms with Crippen molar-refractivity contribution in [3.05, 3.63) is 82.6 Å². The van der Waals surface area contributed by atoms with Crippen LogP contribution in [0, 0.1) is 11.3 Å². The molecular weight excluding hydrogens is 545 g/mol. The fourth-order valence-corrected chi connectivity index (χ4v) is 4.25. The number of phenols is 1. The number of amides is 2. The number of nitrogens with two attached hydrogens (primary N) is 1. The molecule has 0 radical (unpaired) electrons. The third kappa shape index (κ3) is 7.09. The van der Waals surface area contributed by atoms with Crippen molar-refractivity contribution in [3.63, 3.8) is 0 Å². The Balaban J connectivity index is 0.00000253. The maximum absolute atomic E-state index is 12.8. The van der Waals surface area contributed by atoms with E-state index in [1.54, 1.807) is 66.0 Å². The Kier molecular flexibility index (Phi) is 11.3. The summed E-state index contributed by atoms with van der Waals surface area (Å²) < 4.78 is 0. The first-order chi connectivity index (χ1) is 17.5. The van der Waals surface area contributed by atoms with Crippen LogP contribution in [0.2, 0.25) is 0 Å². The van der Waals surface area contributed by atoms with Crippen molar-refractivity contribution in [2.75, 3.05) is 17.2 Å². The van der Waals surface area contributed by atoms with Gasteiger partial charge < -0.3 is 21.5 Å². The predicted octanol–water partition coefficient (Wildman–Crippen LogP) is 5.83. The normalized spacial score (nSPS) is 9.89. The van der Waals surface area contributed by atoms with Crippen molar-refractivity contribution >= 4 is 59.5 Å². The number of hydrogen-bond acceptors (Lipinski definition) is 7. The summed E-state index contributed by atoms with van der Waals surface area (Å²) in [7, 11) is 0. The molecule has 0 spiro atoms. The summed E-state index contributed by atoms with van der Waals surface area (Å²) in [6, 6.07) is 21.0. The number of nitrogens with one attached hydrogen (secondary N) is 2. The number of aromatic nitrogens is 1.